The maximum absolute atomic E-state index is 12.9. The molecule has 0 radical (unpaired) electrons. The van der Waals surface area contributed by atoms with Crippen molar-refractivity contribution in [1.82, 2.24) is 15.3 Å². The number of hydrogen-bond donors (Lipinski definition) is 2. The van der Waals surface area contributed by atoms with Crippen molar-refractivity contribution in [1.29, 1.82) is 0 Å². The van der Waals surface area contributed by atoms with Crippen molar-refractivity contribution >= 4 is 5.91 Å². The molecular formula is C24H28N4O2. The Balaban J connectivity index is 1.91. The van der Waals surface area contributed by atoms with Crippen LogP contribution in [0, 0.1) is 0 Å². The summed E-state index contributed by atoms with van der Waals surface area (Å²) in [5.74, 6) is 0.253. The summed E-state index contributed by atoms with van der Waals surface area (Å²) >= 11 is 0. The van der Waals surface area contributed by atoms with Crippen molar-refractivity contribution in [2.45, 2.75) is 31.7 Å². The van der Waals surface area contributed by atoms with Crippen LogP contribution >= 0.6 is 0 Å². The summed E-state index contributed by atoms with van der Waals surface area (Å²) in [4.78, 5) is 21.1. The van der Waals surface area contributed by atoms with Gasteiger partial charge in [0.1, 0.15) is 11.3 Å². The third kappa shape index (κ3) is 5.21. The molecule has 0 aliphatic carbocycles. The maximum atomic E-state index is 12.9. The number of benzene rings is 1. The van der Waals surface area contributed by atoms with Gasteiger partial charge in [-0.25, -0.2) is 0 Å². The summed E-state index contributed by atoms with van der Waals surface area (Å²) in [5, 5.41) is 3.48. The molecule has 1 unspecified atom stereocenters. The van der Waals surface area contributed by atoms with Gasteiger partial charge in [-0.1, -0.05) is 18.2 Å². The smallest absolute Gasteiger partial charge is 0.242 e. The lowest BCUT2D eigenvalue weighted by Crippen LogP contribution is -2.53. The number of nitrogens with two attached hydrogens (primary N) is 1. The molecule has 156 valence electrons. The number of rotatable bonds is 11. The van der Waals surface area contributed by atoms with Gasteiger partial charge >= 0.3 is 0 Å². The van der Waals surface area contributed by atoms with E-state index in [2.05, 4.69) is 15.3 Å². The number of hydrogen-bond acceptors (Lipinski definition) is 5. The zero-order valence-electron chi connectivity index (χ0n) is 17.3. The molecule has 0 saturated carbocycles. The molecule has 0 bridgehead atoms. The normalized spacial score (nSPS) is 12.8. The molecule has 1 atom stereocenters. The molecule has 3 rings (SSSR count). The van der Waals surface area contributed by atoms with Crippen LogP contribution in [0.25, 0.3) is 0 Å². The lowest BCUT2D eigenvalue weighted by atomic mass is 9.82. The SMILES string of the molecule is CCOc1ccccc1C(CCc1ccncc1)(NCCc1ccncc1)C(N)=O. The minimum Gasteiger partial charge on any atom is -0.494 e. The summed E-state index contributed by atoms with van der Waals surface area (Å²) in [6, 6.07) is 15.5. The van der Waals surface area contributed by atoms with E-state index < -0.39 is 11.4 Å². The lowest BCUT2D eigenvalue weighted by Gasteiger charge is -2.34. The Labute approximate surface area is 177 Å². The van der Waals surface area contributed by atoms with Crippen LogP contribution in [0.1, 0.15) is 30.0 Å². The van der Waals surface area contributed by atoms with E-state index in [1.54, 1.807) is 24.8 Å². The van der Waals surface area contributed by atoms with Gasteiger partial charge in [-0.05, 0) is 67.6 Å². The van der Waals surface area contributed by atoms with Crippen LogP contribution in [0.2, 0.25) is 0 Å². The minimum atomic E-state index is -1.05. The van der Waals surface area contributed by atoms with Crippen molar-refractivity contribution in [3.8, 4) is 5.75 Å². The van der Waals surface area contributed by atoms with Gasteiger partial charge in [-0.15, -0.1) is 0 Å². The van der Waals surface area contributed by atoms with Crippen molar-refractivity contribution < 1.29 is 9.53 Å². The molecule has 0 fully saturated rings. The standard InChI is InChI=1S/C24H28N4O2/c1-2-30-22-6-4-3-5-21(22)24(23(25)29,13-7-19-8-14-26-15-9-19)28-18-12-20-10-16-27-17-11-20/h3-6,8-11,14-17,28H,2,7,12-13,18H2,1H3,(H2,25,29). The summed E-state index contributed by atoms with van der Waals surface area (Å²) in [6.45, 7) is 3.02. The Bertz CT molecular complexity index is 934. The van der Waals surface area contributed by atoms with Gasteiger partial charge in [0.05, 0.1) is 6.61 Å². The van der Waals surface area contributed by atoms with E-state index in [4.69, 9.17) is 10.5 Å². The number of carbonyl (C=O) groups is 1. The molecule has 0 aliphatic rings. The third-order valence-electron chi connectivity index (χ3n) is 5.20. The van der Waals surface area contributed by atoms with Gasteiger partial charge in [0, 0.05) is 36.9 Å². The van der Waals surface area contributed by atoms with E-state index >= 15 is 0 Å². The molecule has 6 heteroatoms. The largest absolute Gasteiger partial charge is 0.494 e. The Hall–Kier alpha value is -3.25. The Morgan fingerprint density at radius 1 is 0.967 bits per heavy atom. The molecule has 1 aromatic carbocycles. The van der Waals surface area contributed by atoms with Crippen LogP contribution < -0.4 is 15.8 Å². The Kier molecular flexibility index (Phi) is 7.51. The molecule has 2 aromatic heterocycles. The lowest BCUT2D eigenvalue weighted by molar-refractivity contribution is -0.125. The van der Waals surface area contributed by atoms with E-state index in [9.17, 15) is 4.79 Å². The summed E-state index contributed by atoms with van der Waals surface area (Å²) in [6.07, 6.45) is 8.98. The number of amides is 1. The number of nitrogens with zero attached hydrogens (tertiary/aromatic N) is 2. The van der Waals surface area contributed by atoms with Crippen LogP contribution in [-0.2, 0) is 23.2 Å². The molecular weight excluding hydrogens is 376 g/mol. The molecule has 0 aliphatic heterocycles. The number of ether oxygens (including phenoxy) is 1. The molecule has 0 spiro atoms. The third-order valence-corrected chi connectivity index (χ3v) is 5.20. The van der Waals surface area contributed by atoms with E-state index in [0.717, 1.165) is 23.1 Å². The van der Waals surface area contributed by atoms with Crippen molar-refractivity contribution in [3.05, 3.63) is 90.0 Å². The highest BCUT2D eigenvalue weighted by Gasteiger charge is 2.40. The zero-order valence-corrected chi connectivity index (χ0v) is 17.3. The number of carbonyl (C=O) groups excluding carboxylic acids is 1. The van der Waals surface area contributed by atoms with Gasteiger partial charge in [0.2, 0.25) is 5.91 Å². The van der Waals surface area contributed by atoms with Crippen LogP contribution in [0.5, 0.6) is 5.75 Å². The number of pyridine rings is 2. The molecule has 0 saturated heterocycles. The first-order chi connectivity index (χ1) is 14.7. The number of para-hydroxylation sites is 1. The fraction of sp³-hybridized carbons (Fsp3) is 0.292. The number of aromatic nitrogens is 2. The highest BCUT2D eigenvalue weighted by Crippen LogP contribution is 2.34. The zero-order chi connectivity index (χ0) is 21.2. The predicted molar refractivity (Wildman–Crippen MR) is 117 cm³/mol. The van der Waals surface area contributed by atoms with Gasteiger partial charge in [-0.2, -0.15) is 0 Å². The second-order valence-electron chi connectivity index (χ2n) is 7.09. The fourth-order valence-electron chi connectivity index (χ4n) is 3.61. The summed E-state index contributed by atoms with van der Waals surface area (Å²) in [5.41, 5.74) is 7.99. The van der Waals surface area contributed by atoms with Crippen molar-refractivity contribution in [2.75, 3.05) is 13.2 Å². The van der Waals surface area contributed by atoms with E-state index in [-0.39, 0.29) is 0 Å². The molecule has 3 N–H and O–H groups in total. The fourth-order valence-corrected chi connectivity index (χ4v) is 3.61. The Morgan fingerprint density at radius 3 is 2.17 bits per heavy atom. The first-order valence-corrected chi connectivity index (χ1v) is 10.2. The van der Waals surface area contributed by atoms with Crippen LogP contribution in [-0.4, -0.2) is 29.0 Å². The van der Waals surface area contributed by atoms with Gasteiger partial charge < -0.3 is 10.5 Å². The molecule has 1 amide bonds. The van der Waals surface area contributed by atoms with Crippen molar-refractivity contribution in [2.24, 2.45) is 5.73 Å². The topological polar surface area (TPSA) is 90.1 Å². The average molecular weight is 405 g/mol. The quantitative estimate of drug-likeness (QED) is 0.513. The summed E-state index contributed by atoms with van der Waals surface area (Å²) < 4.78 is 5.84. The van der Waals surface area contributed by atoms with Crippen LogP contribution in [0.3, 0.4) is 0 Å². The van der Waals surface area contributed by atoms with E-state index in [1.165, 1.54) is 0 Å². The monoisotopic (exact) mass is 404 g/mol. The minimum absolute atomic E-state index is 0.418. The van der Waals surface area contributed by atoms with E-state index in [1.807, 2.05) is 55.5 Å². The van der Waals surface area contributed by atoms with Gasteiger partial charge in [-0.3, -0.25) is 20.1 Å². The first kappa shape index (κ1) is 21.5. The first-order valence-electron chi connectivity index (χ1n) is 10.2. The number of aryl methyl sites for hydroxylation is 1. The van der Waals surface area contributed by atoms with Gasteiger partial charge in [0.25, 0.3) is 0 Å². The molecule has 3 aromatic rings. The second kappa shape index (κ2) is 10.5. The number of primary amides is 1. The van der Waals surface area contributed by atoms with Crippen LogP contribution in [0.15, 0.2) is 73.3 Å². The molecule has 6 nitrogen and oxygen atoms in total. The second-order valence-corrected chi connectivity index (χ2v) is 7.09. The highest BCUT2D eigenvalue weighted by atomic mass is 16.5. The average Bonchev–Trinajstić information content (AvgIpc) is 2.78. The highest BCUT2D eigenvalue weighted by molar-refractivity contribution is 5.87. The molecule has 2 heterocycles. The van der Waals surface area contributed by atoms with Crippen LogP contribution in [0.4, 0.5) is 0 Å². The predicted octanol–water partition coefficient (Wildman–Crippen LogP) is 3.02. The van der Waals surface area contributed by atoms with Gasteiger partial charge in [0.15, 0.2) is 0 Å². The summed E-state index contributed by atoms with van der Waals surface area (Å²) in [7, 11) is 0. The number of nitrogens with one attached hydrogen (secondary N) is 1. The Morgan fingerprint density at radius 2 is 1.57 bits per heavy atom. The molecule has 30 heavy (non-hydrogen) atoms. The van der Waals surface area contributed by atoms with Crippen molar-refractivity contribution in [3.63, 3.8) is 0 Å². The maximum Gasteiger partial charge on any atom is 0.242 e. The van der Waals surface area contributed by atoms with E-state index in [0.29, 0.717) is 31.7 Å².